The van der Waals surface area contributed by atoms with E-state index in [0.717, 1.165) is 12.0 Å². The van der Waals surface area contributed by atoms with Gasteiger partial charge in [-0.15, -0.1) is 0 Å². The summed E-state index contributed by atoms with van der Waals surface area (Å²) in [7, 11) is 0. The van der Waals surface area contributed by atoms with Crippen LogP contribution in [-0.4, -0.2) is 15.9 Å². The van der Waals surface area contributed by atoms with Crippen LogP contribution in [0, 0.1) is 5.92 Å². The monoisotopic (exact) mass is 250 g/mol. The summed E-state index contributed by atoms with van der Waals surface area (Å²) in [5.41, 5.74) is 2.24. The number of carboxylic acid groups (broad SMARTS) is 1. The molecule has 0 saturated carbocycles. The van der Waals surface area contributed by atoms with Crippen molar-refractivity contribution < 1.29 is 9.90 Å². The summed E-state index contributed by atoms with van der Waals surface area (Å²) in [5.74, 6) is -0.590. The Balaban J connectivity index is 2.80. The molecule has 0 fully saturated rings. The average molecular weight is 250 g/mol. The van der Waals surface area contributed by atoms with E-state index < -0.39 is 5.97 Å². The fourth-order valence-corrected chi connectivity index (χ4v) is 1.89. The molecule has 0 aromatic heterocycles. The lowest BCUT2D eigenvalue weighted by Crippen LogP contribution is -2.17. The SMILES string of the molecule is CC(C)Cc1ccc(C(C)C(=S)C(=O)O)cc1. The molecule has 1 aromatic rings. The quantitative estimate of drug-likeness (QED) is 0.813. The van der Waals surface area contributed by atoms with Crippen molar-refractivity contribution in [1.82, 2.24) is 0 Å². The Hall–Kier alpha value is -1.22. The van der Waals surface area contributed by atoms with E-state index in [4.69, 9.17) is 17.3 Å². The Labute approximate surface area is 108 Å². The number of carbonyl (C=O) groups is 1. The number of hydrogen-bond donors (Lipinski definition) is 1. The van der Waals surface area contributed by atoms with Crippen LogP contribution in [0.3, 0.4) is 0 Å². The third-order valence-electron chi connectivity index (χ3n) is 2.73. The van der Waals surface area contributed by atoms with Crippen LogP contribution in [0.2, 0.25) is 0 Å². The standard InChI is InChI=1S/C14H18O2S/c1-9(2)8-11-4-6-12(7-5-11)10(3)13(17)14(15)16/h4-7,9-10H,8H2,1-3H3,(H,15,16). The highest BCUT2D eigenvalue weighted by molar-refractivity contribution is 7.82. The van der Waals surface area contributed by atoms with Crippen LogP contribution in [0.4, 0.5) is 0 Å². The van der Waals surface area contributed by atoms with Crippen LogP contribution in [0.25, 0.3) is 0 Å². The van der Waals surface area contributed by atoms with E-state index in [9.17, 15) is 4.79 Å². The second kappa shape index (κ2) is 5.92. The number of thiocarbonyl (C=S) groups is 1. The number of benzene rings is 1. The van der Waals surface area contributed by atoms with E-state index in [0.29, 0.717) is 5.92 Å². The zero-order valence-corrected chi connectivity index (χ0v) is 11.3. The molecule has 1 rings (SSSR count). The molecule has 0 aliphatic heterocycles. The van der Waals surface area contributed by atoms with Crippen molar-refractivity contribution in [2.24, 2.45) is 5.92 Å². The molecule has 2 nitrogen and oxygen atoms in total. The Kier molecular flexibility index (Phi) is 4.82. The van der Waals surface area contributed by atoms with Crippen LogP contribution in [0.5, 0.6) is 0 Å². The first-order chi connectivity index (χ1) is 7.91. The van der Waals surface area contributed by atoms with Crippen molar-refractivity contribution in [1.29, 1.82) is 0 Å². The van der Waals surface area contributed by atoms with Crippen LogP contribution in [-0.2, 0) is 11.2 Å². The summed E-state index contributed by atoms with van der Waals surface area (Å²) in [6, 6.07) is 8.04. The Morgan fingerprint density at radius 3 is 2.18 bits per heavy atom. The minimum Gasteiger partial charge on any atom is -0.477 e. The Morgan fingerprint density at radius 1 is 1.24 bits per heavy atom. The van der Waals surface area contributed by atoms with E-state index in [1.807, 2.05) is 19.1 Å². The predicted octanol–water partition coefficient (Wildman–Crippen LogP) is 3.44. The van der Waals surface area contributed by atoms with Crippen molar-refractivity contribution >= 4 is 23.1 Å². The molecule has 0 amide bonds. The largest absolute Gasteiger partial charge is 0.477 e. The molecule has 0 radical (unpaired) electrons. The first-order valence-corrected chi connectivity index (χ1v) is 6.18. The summed E-state index contributed by atoms with van der Waals surface area (Å²) >= 11 is 4.89. The van der Waals surface area contributed by atoms with Crippen LogP contribution >= 0.6 is 12.2 Å². The molecule has 0 aliphatic rings. The lowest BCUT2D eigenvalue weighted by molar-refractivity contribution is -0.129. The summed E-state index contributed by atoms with van der Waals surface area (Å²) < 4.78 is 0. The van der Waals surface area contributed by atoms with E-state index in [1.165, 1.54) is 5.56 Å². The topological polar surface area (TPSA) is 37.3 Å². The molecular formula is C14H18O2S. The van der Waals surface area contributed by atoms with Gasteiger partial charge in [-0.1, -0.05) is 57.3 Å². The molecule has 1 aromatic carbocycles. The average Bonchev–Trinajstić information content (AvgIpc) is 2.27. The molecule has 1 atom stereocenters. The molecule has 0 aliphatic carbocycles. The van der Waals surface area contributed by atoms with Crippen LogP contribution < -0.4 is 0 Å². The minimum atomic E-state index is -1.00. The maximum absolute atomic E-state index is 10.8. The number of aliphatic carboxylic acids is 1. The molecule has 17 heavy (non-hydrogen) atoms. The van der Waals surface area contributed by atoms with Crippen LogP contribution in [0.1, 0.15) is 37.8 Å². The van der Waals surface area contributed by atoms with Gasteiger partial charge in [0.1, 0.15) is 4.86 Å². The molecule has 92 valence electrons. The lowest BCUT2D eigenvalue weighted by atomic mass is 9.95. The maximum Gasteiger partial charge on any atom is 0.343 e. The van der Waals surface area contributed by atoms with Crippen molar-refractivity contribution in [2.45, 2.75) is 33.1 Å². The zero-order chi connectivity index (χ0) is 13.0. The van der Waals surface area contributed by atoms with E-state index in [2.05, 4.69) is 26.0 Å². The van der Waals surface area contributed by atoms with Gasteiger partial charge in [0, 0.05) is 5.92 Å². The van der Waals surface area contributed by atoms with Gasteiger partial charge in [-0.25, -0.2) is 4.79 Å². The van der Waals surface area contributed by atoms with Crippen molar-refractivity contribution in [3.8, 4) is 0 Å². The van der Waals surface area contributed by atoms with Gasteiger partial charge in [0.15, 0.2) is 0 Å². The highest BCUT2D eigenvalue weighted by Crippen LogP contribution is 2.19. The summed E-state index contributed by atoms with van der Waals surface area (Å²) in [4.78, 5) is 10.9. The second-order valence-corrected chi connectivity index (χ2v) is 5.17. The van der Waals surface area contributed by atoms with Gasteiger partial charge in [0.05, 0.1) is 0 Å². The van der Waals surface area contributed by atoms with E-state index in [1.54, 1.807) is 0 Å². The van der Waals surface area contributed by atoms with Crippen molar-refractivity contribution in [3.05, 3.63) is 35.4 Å². The summed E-state index contributed by atoms with van der Waals surface area (Å²) in [5, 5.41) is 8.85. The molecule has 0 spiro atoms. The Bertz CT molecular complexity index is 407. The molecule has 0 heterocycles. The third kappa shape index (κ3) is 3.93. The zero-order valence-electron chi connectivity index (χ0n) is 10.4. The van der Waals surface area contributed by atoms with Gasteiger partial charge in [0.25, 0.3) is 0 Å². The highest BCUT2D eigenvalue weighted by atomic mass is 32.1. The molecule has 0 saturated heterocycles. The van der Waals surface area contributed by atoms with Gasteiger partial charge >= 0.3 is 5.97 Å². The fourth-order valence-electron chi connectivity index (χ4n) is 1.75. The smallest absolute Gasteiger partial charge is 0.343 e. The molecular weight excluding hydrogens is 232 g/mol. The van der Waals surface area contributed by atoms with Gasteiger partial charge in [0.2, 0.25) is 0 Å². The predicted molar refractivity (Wildman–Crippen MR) is 73.6 cm³/mol. The molecule has 1 unspecified atom stereocenters. The lowest BCUT2D eigenvalue weighted by Gasteiger charge is -2.11. The van der Waals surface area contributed by atoms with Gasteiger partial charge in [-0.2, -0.15) is 0 Å². The summed E-state index contributed by atoms with van der Waals surface area (Å²) in [6.45, 7) is 6.18. The molecule has 1 N–H and O–H groups in total. The van der Waals surface area contributed by atoms with E-state index >= 15 is 0 Å². The molecule has 0 bridgehead atoms. The number of rotatable bonds is 5. The van der Waals surface area contributed by atoms with Gasteiger partial charge in [-0.05, 0) is 23.5 Å². The van der Waals surface area contributed by atoms with E-state index in [-0.39, 0.29) is 10.8 Å². The van der Waals surface area contributed by atoms with Crippen LogP contribution in [0.15, 0.2) is 24.3 Å². The second-order valence-electron chi connectivity index (χ2n) is 4.73. The first-order valence-electron chi connectivity index (χ1n) is 5.77. The first kappa shape index (κ1) is 13.8. The van der Waals surface area contributed by atoms with Gasteiger partial charge in [-0.3, -0.25) is 0 Å². The normalized spacial score (nSPS) is 12.5. The number of hydrogen-bond acceptors (Lipinski definition) is 2. The minimum absolute atomic E-state index is 0.0709. The van der Waals surface area contributed by atoms with Gasteiger partial charge < -0.3 is 5.11 Å². The number of carboxylic acids is 1. The van der Waals surface area contributed by atoms with Crippen molar-refractivity contribution in [2.75, 3.05) is 0 Å². The molecule has 3 heteroatoms. The fraction of sp³-hybridized carbons (Fsp3) is 0.429. The maximum atomic E-state index is 10.8. The Morgan fingerprint density at radius 2 is 1.76 bits per heavy atom. The third-order valence-corrected chi connectivity index (χ3v) is 3.26. The summed E-state index contributed by atoms with van der Waals surface area (Å²) in [6.07, 6.45) is 1.04. The highest BCUT2D eigenvalue weighted by Gasteiger charge is 2.17. The van der Waals surface area contributed by atoms with Crippen molar-refractivity contribution in [3.63, 3.8) is 0 Å².